The Morgan fingerprint density at radius 1 is 1.36 bits per heavy atom. The lowest BCUT2D eigenvalue weighted by Gasteiger charge is -2.10. The molecule has 2 N–H and O–H groups in total. The molecule has 0 spiro atoms. The smallest absolute Gasteiger partial charge is 0.405 e. The Morgan fingerprint density at radius 2 is 2.00 bits per heavy atom. The van der Waals surface area contributed by atoms with Crippen LogP contribution >= 0.6 is 0 Å². The van der Waals surface area contributed by atoms with Crippen LogP contribution in [0.1, 0.15) is 0 Å². The van der Waals surface area contributed by atoms with Crippen LogP contribution in [-0.2, 0) is 0 Å². The third kappa shape index (κ3) is 2.55. The van der Waals surface area contributed by atoms with Gasteiger partial charge in [0.15, 0.2) is 5.69 Å². The number of nitrogens with zero attached hydrogens (tertiary/aromatic N) is 1. The van der Waals surface area contributed by atoms with Gasteiger partial charge in [-0.1, -0.05) is 6.07 Å². The Morgan fingerprint density at radius 3 is 2.50 bits per heavy atom. The Kier molecular flexibility index (Phi) is 2.51. The van der Waals surface area contributed by atoms with Crippen LogP contribution in [0.3, 0.4) is 0 Å². The summed E-state index contributed by atoms with van der Waals surface area (Å²) >= 11 is 0. The highest BCUT2D eigenvalue weighted by atomic mass is 19.4. The molecule has 14 heavy (non-hydrogen) atoms. The van der Waals surface area contributed by atoms with E-state index >= 15 is 0 Å². The molecular weight excluding hydrogens is 197 g/mol. The summed E-state index contributed by atoms with van der Waals surface area (Å²) in [4.78, 5) is 2.95. The normalized spacial score (nSPS) is 10.7. The largest absolute Gasteiger partial charge is 0.573 e. The quantitative estimate of drug-likeness (QED) is 0.561. The van der Waals surface area contributed by atoms with Crippen molar-refractivity contribution in [3.63, 3.8) is 0 Å². The Hall–Kier alpha value is -1.90. The number of hydrogen-bond donors (Lipinski definition) is 1. The molecule has 0 aromatic heterocycles. The van der Waals surface area contributed by atoms with Crippen molar-refractivity contribution in [1.82, 2.24) is 0 Å². The van der Waals surface area contributed by atoms with Gasteiger partial charge in [0.2, 0.25) is 0 Å². The number of nitrogen functional groups attached to an aromatic ring is 1. The van der Waals surface area contributed by atoms with Gasteiger partial charge >= 0.3 is 6.36 Å². The third-order valence-electron chi connectivity index (χ3n) is 1.35. The molecule has 0 atom stereocenters. The molecule has 0 bridgehead atoms. The van der Waals surface area contributed by atoms with E-state index in [4.69, 9.17) is 12.3 Å². The summed E-state index contributed by atoms with van der Waals surface area (Å²) in [6.45, 7) is 6.59. The maximum atomic E-state index is 11.8. The maximum absolute atomic E-state index is 11.8. The van der Waals surface area contributed by atoms with Crippen molar-refractivity contribution < 1.29 is 17.9 Å². The Bertz CT molecular complexity index is 381. The summed E-state index contributed by atoms with van der Waals surface area (Å²) < 4.78 is 39.0. The Balaban J connectivity index is 3.03. The van der Waals surface area contributed by atoms with E-state index in [-0.39, 0.29) is 11.4 Å². The number of ether oxygens (including phenoxy) is 1. The zero-order valence-electron chi connectivity index (χ0n) is 6.80. The molecule has 0 unspecified atom stereocenters. The number of benzene rings is 1. The summed E-state index contributed by atoms with van der Waals surface area (Å²) in [5.74, 6) is -0.550. The zero-order valence-corrected chi connectivity index (χ0v) is 6.80. The predicted octanol–water partition coefficient (Wildman–Crippen LogP) is 2.72. The van der Waals surface area contributed by atoms with E-state index < -0.39 is 12.1 Å². The van der Waals surface area contributed by atoms with Gasteiger partial charge in [-0.25, -0.2) is 4.85 Å². The van der Waals surface area contributed by atoms with E-state index in [0.29, 0.717) is 0 Å². The van der Waals surface area contributed by atoms with E-state index in [9.17, 15) is 13.2 Å². The fraction of sp³-hybridized carbons (Fsp3) is 0.125. The van der Waals surface area contributed by atoms with Crippen molar-refractivity contribution in [2.45, 2.75) is 6.36 Å². The van der Waals surface area contributed by atoms with Gasteiger partial charge in [-0.05, 0) is 12.1 Å². The van der Waals surface area contributed by atoms with E-state index in [1.54, 1.807) is 0 Å². The minimum absolute atomic E-state index is 0.0402. The van der Waals surface area contributed by atoms with Crippen molar-refractivity contribution in [3.8, 4) is 5.75 Å². The fourth-order valence-electron chi connectivity index (χ4n) is 0.806. The van der Waals surface area contributed by atoms with Crippen molar-refractivity contribution in [2.24, 2.45) is 0 Å². The molecule has 0 fully saturated rings. The van der Waals surface area contributed by atoms with E-state index in [0.717, 1.165) is 6.07 Å². The Labute approximate surface area is 77.7 Å². The highest BCUT2D eigenvalue weighted by Crippen LogP contribution is 2.31. The highest BCUT2D eigenvalue weighted by molar-refractivity contribution is 5.61. The predicted molar refractivity (Wildman–Crippen MR) is 43.8 cm³/mol. The molecule has 0 aliphatic rings. The molecule has 6 heteroatoms. The summed E-state index contributed by atoms with van der Waals surface area (Å²) in [5, 5.41) is 0. The molecule has 1 aromatic carbocycles. The first-order valence-corrected chi connectivity index (χ1v) is 3.45. The second-order valence-corrected chi connectivity index (χ2v) is 2.38. The number of hydrogen-bond acceptors (Lipinski definition) is 2. The first-order chi connectivity index (χ1) is 6.42. The van der Waals surface area contributed by atoms with Gasteiger partial charge in [-0.3, -0.25) is 0 Å². The van der Waals surface area contributed by atoms with Crippen LogP contribution < -0.4 is 10.5 Å². The summed E-state index contributed by atoms with van der Waals surface area (Å²) in [6, 6.07) is 3.44. The van der Waals surface area contributed by atoms with Crippen molar-refractivity contribution in [3.05, 3.63) is 29.6 Å². The highest BCUT2D eigenvalue weighted by Gasteiger charge is 2.31. The molecule has 0 saturated heterocycles. The number of nitrogens with two attached hydrogens (primary N) is 1. The number of halogens is 3. The molecule has 0 radical (unpaired) electrons. The van der Waals surface area contributed by atoms with E-state index in [1.807, 2.05) is 0 Å². The van der Waals surface area contributed by atoms with Crippen LogP contribution in [0, 0.1) is 6.57 Å². The van der Waals surface area contributed by atoms with Crippen molar-refractivity contribution in [2.75, 3.05) is 5.73 Å². The molecule has 0 saturated carbocycles. The second kappa shape index (κ2) is 3.46. The standard InChI is InChI=1S/C8H5F3N2O/c1-13-5-2-3-6(12)7(4-5)14-8(9,10)11/h2-4H,12H2. The van der Waals surface area contributed by atoms with Crippen molar-refractivity contribution >= 4 is 11.4 Å². The summed E-state index contributed by atoms with van der Waals surface area (Å²) in [5.41, 5.74) is 5.11. The molecule has 3 nitrogen and oxygen atoms in total. The van der Waals surface area contributed by atoms with Crippen LogP contribution in [0.4, 0.5) is 24.5 Å². The molecule has 0 aliphatic heterocycles. The molecular formula is C8H5F3N2O. The van der Waals surface area contributed by atoms with Crippen LogP contribution in [0.15, 0.2) is 18.2 Å². The lowest BCUT2D eigenvalue weighted by Crippen LogP contribution is -2.17. The average Bonchev–Trinajstić information content (AvgIpc) is 2.06. The third-order valence-corrected chi connectivity index (χ3v) is 1.35. The SMILES string of the molecule is [C-]#[N+]c1ccc(N)c(OC(F)(F)F)c1. The average molecular weight is 202 g/mol. The maximum Gasteiger partial charge on any atom is 0.573 e. The zero-order chi connectivity index (χ0) is 10.8. The van der Waals surface area contributed by atoms with E-state index in [2.05, 4.69) is 9.58 Å². The fourth-order valence-corrected chi connectivity index (χ4v) is 0.806. The van der Waals surface area contributed by atoms with Crippen LogP contribution in [-0.4, -0.2) is 6.36 Å². The van der Waals surface area contributed by atoms with Crippen LogP contribution in [0.25, 0.3) is 4.85 Å². The summed E-state index contributed by atoms with van der Waals surface area (Å²) in [6.07, 6.45) is -4.80. The molecule has 0 heterocycles. The topological polar surface area (TPSA) is 39.6 Å². The first-order valence-electron chi connectivity index (χ1n) is 3.45. The second-order valence-electron chi connectivity index (χ2n) is 2.38. The van der Waals surface area contributed by atoms with Gasteiger partial charge < -0.3 is 10.5 Å². The molecule has 1 rings (SSSR count). The molecule has 0 aliphatic carbocycles. The van der Waals surface area contributed by atoms with Gasteiger partial charge in [-0.2, -0.15) is 0 Å². The summed E-state index contributed by atoms with van der Waals surface area (Å²) in [7, 11) is 0. The van der Waals surface area contributed by atoms with Gasteiger partial charge in [0.25, 0.3) is 0 Å². The molecule has 74 valence electrons. The van der Waals surface area contributed by atoms with Crippen LogP contribution in [0.2, 0.25) is 0 Å². The minimum Gasteiger partial charge on any atom is -0.405 e. The molecule has 0 amide bonds. The monoisotopic (exact) mass is 202 g/mol. The number of alkyl halides is 3. The van der Waals surface area contributed by atoms with Gasteiger partial charge in [0.05, 0.1) is 12.3 Å². The number of rotatable bonds is 1. The molecule has 1 aromatic rings. The van der Waals surface area contributed by atoms with Gasteiger partial charge in [-0.15, -0.1) is 13.2 Å². The lowest BCUT2D eigenvalue weighted by atomic mass is 10.2. The first kappa shape index (κ1) is 10.2. The van der Waals surface area contributed by atoms with Crippen LogP contribution in [0.5, 0.6) is 5.75 Å². The minimum atomic E-state index is -4.80. The van der Waals surface area contributed by atoms with E-state index in [1.165, 1.54) is 12.1 Å². The van der Waals surface area contributed by atoms with Gasteiger partial charge in [0.1, 0.15) is 5.75 Å². The van der Waals surface area contributed by atoms with Crippen molar-refractivity contribution in [1.29, 1.82) is 0 Å². The van der Waals surface area contributed by atoms with Gasteiger partial charge in [0, 0.05) is 0 Å². The lowest BCUT2D eigenvalue weighted by molar-refractivity contribution is -0.274. The number of anilines is 1.